The lowest BCUT2D eigenvalue weighted by Gasteiger charge is -2.35. The largest absolute Gasteiger partial charge is 0.493 e. The van der Waals surface area contributed by atoms with Gasteiger partial charge in [-0.2, -0.15) is 0 Å². The van der Waals surface area contributed by atoms with Crippen LogP contribution in [0.3, 0.4) is 0 Å². The predicted molar refractivity (Wildman–Crippen MR) is 127 cm³/mol. The molecule has 1 fully saturated rings. The zero-order valence-electron chi connectivity index (χ0n) is 19.2. The Bertz CT molecular complexity index is 1210. The van der Waals surface area contributed by atoms with Crippen molar-refractivity contribution >= 4 is 17.4 Å². The van der Waals surface area contributed by atoms with Gasteiger partial charge >= 0.3 is 0 Å². The average Bonchev–Trinajstić information content (AvgIpc) is 2.88. The van der Waals surface area contributed by atoms with Crippen LogP contribution in [0.4, 0.5) is 11.5 Å². The van der Waals surface area contributed by atoms with Crippen LogP contribution in [-0.2, 0) is 0 Å². The number of ether oxygens (including phenoxy) is 2. The van der Waals surface area contributed by atoms with E-state index in [1.807, 2.05) is 30.3 Å². The van der Waals surface area contributed by atoms with Crippen LogP contribution in [0.15, 0.2) is 48.5 Å². The van der Waals surface area contributed by atoms with E-state index in [4.69, 9.17) is 9.47 Å². The summed E-state index contributed by atoms with van der Waals surface area (Å²) in [6.07, 6.45) is 0. The lowest BCUT2D eigenvalue weighted by molar-refractivity contribution is -0.385. The number of rotatable bonds is 6. The van der Waals surface area contributed by atoms with Crippen LogP contribution in [0, 0.1) is 17.0 Å². The second kappa shape index (κ2) is 9.74. The number of aromatic nitrogens is 2. The maximum atomic E-state index is 12.9. The number of nitro benzene ring substituents is 1. The molecule has 0 atom stereocenters. The van der Waals surface area contributed by atoms with Gasteiger partial charge in [-0.3, -0.25) is 14.9 Å². The van der Waals surface area contributed by atoms with Crippen LogP contribution in [0.2, 0.25) is 0 Å². The highest BCUT2D eigenvalue weighted by molar-refractivity contribution is 5.95. The summed E-state index contributed by atoms with van der Waals surface area (Å²) in [5, 5.41) is 19.9. The number of nitrogens with zero attached hydrogens (tertiary/aromatic N) is 5. The van der Waals surface area contributed by atoms with Crippen LogP contribution in [0.25, 0.3) is 11.3 Å². The maximum absolute atomic E-state index is 12.9. The fourth-order valence-electron chi connectivity index (χ4n) is 3.90. The predicted octanol–water partition coefficient (Wildman–Crippen LogP) is 3.34. The minimum absolute atomic E-state index is 0.0469. The summed E-state index contributed by atoms with van der Waals surface area (Å²) in [5.41, 5.74) is 2.37. The molecule has 34 heavy (non-hydrogen) atoms. The molecule has 1 saturated heterocycles. The number of hydrogen-bond donors (Lipinski definition) is 0. The van der Waals surface area contributed by atoms with Gasteiger partial charge in [0.15, 0.2) is 17.3 Å². The zero-order chi connectivity index (χ0) is 24.2. The molecule has 0 aliphatic carbocycles. The van der Waals surface area contributed by atoms with Crippen LogP contribution < -0.4 is 14.4 Å². The fourth-order valence-corrected chi connectivity index (χ4v) is 3.90. The summed E-state index contributed by atoms with van der Waals surface area (Å²) < 4.78 is 10.6. The Hall–Kier alpha value is -4.21. The van der Waals surface area contributed by atoms with Gasteiger partial charge in [0, 0.05) is 48.9 Å². The Morgan fingerprint density at radius 2 is 1.68 bits per heavy atom. The number of carbonyl (C=O) groups is 1. The van der Waals surface area contributed by atoms with Crippen molar-refractivity contribution in [3.63, 3.8) is 0 Å². The normalized spacial score (nSPS) is 13.5. The Morgan fingerprint density at radius 1 is 0.941 bits per heavy atom. The van der Waals surface area contributed by atoms with E-state index in [9.17, 15) is 14.9 Å². The first-order valence-electron chi connectivity index (χ1n) is 10.8. The second-order valence-electron chi connectivity index (χ2n) is 7.88. The number of piperazine rings is 1. The molecule has 0 bridgehead atoms. The molecule has 1 amide bonds. The van der Waals surface area contributed by atoms with Gasteiger partial charge in [0.2, 0.25) is 0 Å². The maximum Gasteiger partial charge on any atom is 0.273 e. The highest BCUT2D eigenvalue weighted by Crippen LogP contribution is 2.31. The molecule has 1 aliphatic heterocycles. The number of benzene rings is 2. The third-order valence-corrected chi connectivity index (χ3v) is 5.87. The lowest BCUT2D eigenvalue weighted by Crippen LogP contribution is -2.49. The third kappa shape index (κ3) is 4.61. The highest BCUT2D eigenvalue weighted by atomic mass is 16.6. The molecule has 0 spiro atoms. The van der Waals surface area contributed by atoms with Crippen molar-refractivity contribution in [2.45, 2.75) is 6.92 Å². The summed E-state index contributed by atoms with van der Waals surface area (Å²) >= 11 is 0. The van der Waals surface area contributed by atoms with Crippen molar-refractivity contribution in [3.05, 3.63) is 69.8 Å². The summed E-state index contributed by atoms with van der Waals surface area (Å²) in [5.74, 6) is 1.77. The van der Waals surface area contributed by atoms with Crippen LogP contribution in [-0.4, -0.2) is 66.3 Å². The molecule has 2 aromatic carbocycles. The second-order valence-corrected chi connectivity index (χ2v) is 7.88. The van der Waals surface area contributed by atoms with Gasteiger partial charge in [-0.05, 0) is 43.3 Å². The van der Waals surface area contributed by atoms with E-state index in [-0.39, 0.29) is 11.6 Å². The molecule has 0 radical (unpaired) electrons. The monoisotopic (exact) mass is 463 g/mol. The zero-order valence-corrected chi connectivity index (χ0v) is 19.2. The van der Waals surface area contributed by atoms with E-state index < -0.39 is 4.92 Å². The molecule has 0 unspecified atom stereocenters. The van der Waals surface area contributed by atoms with Crippen LogP contribution >= 0.6 is 0 Å². The highest BCUT2D eigenvalue weighted by Gasteiger charge is 2.25. The molecule has 10 heteroatoms. The Morgan fingerprint density at radius 3 is 2.29 bits per heavy atom. The van der Waals surface area contributed by atoms with Gasteiger partial charge < -0.3 is 19.3 Å². The van der Waals surface area contributed by atoms with Gasteiger partial charge in [0.25, 0.3) is 11.6 Å². The average molecular weight is 463 g/mol. The first kappa shape index (κ1) is 23.0. The Balaban J connectivity index is 1.41. The molecular weight excluding hydrogens is 438 g/mol. The van der Waals surface area contributed by atoms with Crippen molar-refractivity contribution in [1.82, 2.24) is 15.1 Å². The van der Waals surface area contributed by atoms with Gasteiger partial charge in [-0.15, -0.1) is 10.2 Å². The summed E-state index contributed by atoms with van der Waals surface area (Å²) in [7, 11) is 3.17. The number of carbonyl (C=O) groups excluding carboxylic acids is 1. The molecule has 2 heterocycles. The van der Waals surface area contributed by atoms with E-state index >= 15 is 0 Å². The molecule has 0 N–H and O–H groups in total. The topological polar surface area (TPSA) is 111 Å². The summed E-state index contributed by atoms with van der Waals surface area (Å²) in [6.45, 7) is 3.80. The van der Waals surface area contributed by atoms with Crippen molar-refractivity contribution in [2.24, 2.45) is 0 Å². The molecule has 1 aromatic heterocycles. The molecule has 0 saturated carbocycles. The van der Waals surface area contributed by atoms with Crippen molar-refractivity contribution in [3.8, 4) is 22.8 Å². The Kier molecular flexibility index (Phi) is 6.58. The first-order chi connectivity index (χ1) is 16.4. The number of aryl methyl sites for hydroxylation is 1. The molecule has 3 aromatic rings. The van der Waals surface area contributed by atoms with E-state index in [2.05, 4.69) is 15.1 Å². The van der Waals surface area contributed by atoms with Crippen LogP contribution in [0.5, 0.6) is 11.5 Å². The molecule has 4 rings (SSSR count). The summed E-state index contributed by atoms with van der Waals surface area (Å²) in [6, 6.07) is 14.0. The van der Waals surface area contributed by atoms with Gasteiger partial charge in [0.05, 0.1) is 24.8 Å². The molecule has 176 valence electrons. The van der Waals surface area contributed by atoms with Crippen molar-refractivity contribution < 1.29 is 19.2 Å². The first-order valence-corrected chi connectivity index (χ1v) is 10.8. The Labute approximate surface area is 196 Å². The number of anilines is 1. The van der Waals surface area contributed by atoms with E-state index in [1.165, 1.54) is 6.07 Å². The van der Waals surface area contributed by atoms with Crippen LogP contribution in [0.1, 0.15) is 15.9 Å². The van der Waals surface area contributed by atoms with Crippen molar-refractivity contribution in [1.29, 1.82) is 0 Å². The molecular formula is C24H25N5O5. The molecule has 10 nitrogen and oxygen atoms in total. The van der Waals surface area contributed by atoms with Crippen molar-refractivity contribution in [2.75, 3.05) is 45.3 Å². The number of amides is 1. The summed E-state index contributed by atoms with van der Waals surface area (Å²) in [4.78, 5) is 27.4. The minimum Gasteiger partial charge on any atom is -0.493 e. The van der Waals surface area contributed by atoms with Gasteiger partial charge in [-0.25, -0.2) is 0 Å². The van der Waals surface area contributed by atoms with Gasteiger partial charge in [0.1, 0.15) is 0 Å². The number of hydrogen-bond acceptors (Lipinski definition) is 8. The molecule has 1 aliphatic rings. The smallest absolute Gasteiger partial charge is 0.273 e. The van der Waals surface area contributed by atoms with Gasteiger partial charge in [-0.1, -0.05) is 6.07 Å². The standard InChI is InChI=1S/C24H25N5O5/c1-16-4-5-18(14-20(16)29(31)32)24(30)28-12-10-27(11-13-28)23-9-7-19(25-26-23)17-6-8-21(33-2)22(15-17)34-3/h4-9,14-15H,10-13H2,1-3H3. The quantitative estimate of drug-likeness (QED) is 0.404. The third-order valence-electron chi connectivity index (χ3n) is 5.87. The van der Waals surface area contributed by atoms with E-state index in [0.29, 0.717) is 54.5 Å². The fraction of sp³-hybridized carbons (Fsp3) is 0.292. The number of nitro groups is 1. The van der Waals surface area contributed by atoms with E-state index in [1.54, 1.807) is 38.2 Å². The lowest BCUT2D eigenvalue weighted by atomic mass is 10.1. The van der Waals surface area contributed by atoms with E-state index in [0.717, 1.165) is 11.4 Å². The SMILES string of the molecule is COc1ccc(-c2ccc(N3CCN(C(=O)c4ccc(C)c([N+](=O)[O-])c4)CC3)nn2)cc1OC. The minimum atomic E-state index is -0.464. The number of methoxy groups -OCH3 is 2.